The van der Waals surface area contributed by atoms with Gasteiger partial charge in [-0.15, -0.1) is 0 Å². The van der Waals surface area contributed by atoms with Gasteiger partial charge in [-0.1, -0.05) is 253 Å². The molecule has 0 amide bonds. The van der Waals surface area contributed by atoms with Gasteiger partial charge in [0, 0.05) is 12.8 Å². The molecule has 0 rings (SSSR count). The Hall–Kier alpha value is -3.53. The molecule has 0 fully saturated rings. The zero-order valence-electron chi connectivity index (χ0n) is 49.1. The van der Waals surface area contributed by atoms with Crippen molar-refractivity contribution in [1.29, 1.82) is 0 Å². The predicted octanol–water partition coefficient (Wildman–Crippen LogP) is 17.0. The lowest BCUT2D eigenvalue weighted by Crippen LogP contribution is -2.44. The Kier molecular flexibility index (Phi) is 54.0. The van der Waals surface area contributed by atoms with Crippen molar-refractivity contribution in [3.8, 4) is 0 Å². The fraction of sp³-hybridized carbons (Fsp3) is 0.742. The van der Waals surface area contributed by atoms with Crippen LogP contribution in [0.25, 0.3) is 0 Å². The summed E-state index contributed by atoms with van der Waals surface area (Å²) in [5.41, 5.74) is 0. The van der Waals surface area contributed by atoms with Crippen LogP contribution in [-0.4, -0.2) is 82.3 Å². The SMILES string of the molecule is CC/C=C\C/C=C\C/C=C\C/C=C\CCC(=O)OC(COC(=O)CCCCCCCCCCCCCCCCCCCCCCCC/C=C\C/C=C\C/C=C\CCCCCCC)COC(OCC[N+](C)(C)C)C(=O)[O-]. The molecule has 2 atom stereocenters. The van der Waals surface area contributed by atoms with Crippen LogP contribution >= 0.6 is 0 Å². The largest absolute Gasteiger partial charge is 0.545 e. The third-order valence-electron chi connectivity index (χ3n) is 13.1. The lowest BCUT2D eigenvalue weighted by Gasteiger charge is -2.26. The highest BCUT2D eigenvalue weighted by Gasteiger charge is 2.21. The van der Waals surface area contributed by atoms with E-state index in [2.05, 4.69) is 86.8 Å². The molecule has 0 spiro atoms. The van der Waals surface area contributed by atoms with E-state index in [1.54, 1.807) is 0 Å². The maximum absolute atomic E-state index is 12.8. The summed E-state index contributed by atoms with van der Waals surface area (Å²) < 4.78 is 22.6. The number of hydrogen-bond donors (Lipinski definition) is 0. The van der Waals surface area contributed by atoms with Crippen molar-refractivity contribution >= 4 is 17.9 Å². The van der Waals surface area contributed by atoms with E-state index in [0.717, 1.165) is 57.8 Å². The molecule has 0 aliphatic rings. The molecule has 0 bridgehead atoms. The monoisotopic (exact) mass is 1050 g/mol. The second-order valence-electron chi connectivity index (χ2n) is 21.6. The van der Waals surface area contributed by atoms with Gasteiger partial charge in [0.15, 0.2) is 12.4 Å². The predicted molar refractivity (Wildman–Crippen MR) is 315 cm³/mol. The van der Waals surface area contributed by atoms with Crippen molar-refractivity contribution in [3.05, 3.63) is 85.1 Å². The van der Waals surface area contributed by atoms with E-state index in [4.69, 9.17) is 18.9 Å². The molecule has 9 heteroatoms. The smallest absolute Gasteiger partial charge is 0.306 e. The van der Waals surface area contributed by atoms with E-state index in [-0.39, 0.29) is 38.6 Å². The first-order valence-corrected chi connectivity index (χ1v) is 30.7. The number of rotatable bonds is 56. The second kappa shape index (κ2) is 56.7. The molecule has 0 aliphatic carbocycles. The average Bonchev–Trinajstić information content (AvgIpc) is 3.38. The number of esters is 2. The number of ether oxygens (including phenoxy) is 4. The Morgan fingerprint density at radius 3 is 1.19 bits per heavy atom. The van der Waals surface area contributed by atoms with Crippen molar-refractivity contribution in [1.82, 2.24) is 0 Å². The van der Waals surface area contributed by atoms with Crippen LogP contribution in [0.5, 0.6) is 0 Å². The second-order valence-corrected chi connectivity index (χ2v) is 21.6. The van der Waals surface area contributed by atoms with Gasteiger partial charge in [0.2, 0.25) is 0 Å². The summed E-state index contributed by atoms with van der Waals surface area (Å²) in [6.45, 7) is 4.54. The van der Waals surface area contributed by atoms with Gasteiger partial charge in [0.05, 0.1) is 40.3 Å². The highest BCUT2D eigenvalue weighted by atomic mass is 16.7. The van der Waals surface area contributed by atoms with Gasteiger partial charge in [-0.3, -0.25) is 9.59 Å². The highest BCUT2D eigenvalue weighted by molar-refractivity contribution is 5.70. The Morgan fingerprint density at radius 1 is 0.413 bits per heavy atom. The van der Waals surface area contributed by atoms with E-state index >= 15 is 0 Å². The summed E-state index contributed by atoms with van der Waals surface area (Å²) in [4.78, 5) is 37.1. The third kappa shape index (κ3) is 58.0. The Morgan fingerprint density at radius 2 is 0.787 bits per heavy atom. The molecule has 0 aromatic carbocycles. The number of nitrogens with zero attached hydrogens (tertiary/aromatic N) is 1. The topological polar surface area (TPSA) is 111 Å². The summed E-state index contributed by atoms with van der Waals surface area (Å²) in [7, 11) is 5.89. The Bertz CT molecular complexity index is 1500. The van der Waals surface area contributed by atoms with Crippen LogP contribution in [0.1, 0.15) is 258 Å². The number of carboxylic acids is 1. The molecule has 0 N–H and O–H groups in total. The number of quaternary nitrogens is 1. The molecule has 0 aromatic rings. The van der Waals surface area contributed by atoms with E-state index in [1.165, 1.54) is 167 Å². The molecule has 0 saturated carbocycles. The first-order valence-electron chi connectivity index (χ1n) is 30.7. The first-order chi connectivity index (χ1) is 36.6. The van der Waals surface area contributed by atoms with E-state index in [9.17, 15) is 19.5 Å². The minimum atomic E-state index is -1.64. The normalized spacial score (nSPS) is 13.3. The van der Waals surface area contributed by atoms with Crippen molar-refractivity contribution in [2.24, 2.45) is 0 Å². The molecule has 0 saturated heterocycles. The molecule has 9 nitrogen and oxygen atoms in total. The van der Waals surface area contributed by atoms with E-state index in [0.29, 0.717) is 17.4 Å². The number of aliphatic carboxylic acids is 1. The van der Waals surface area contributed by atoms with Gasteiger partial charge in [0.1, 0.15) is 13.2 Å². The third-order valence-corrected chi connectivity index (χ3v) is 13.1. The average molecular weight is 1050 g/mol. The number of unbranched alkanes of at least 4 members (excludes halogenated alkanes) is 27. The van der Waals surface area contributed by atoms with Gasteiger partial charge in [0.25, 0.3) is 0 Å². The Labute approximate surface area is 461 Å². The van der Waals surface area contributed by atoms with Gasteiger partial charge in [-0.25, -0.2) is 0 Å². The quantitative estimate of drug-likeness (QED) is 0.0195. The zero-order chi connectivity index (χ0) is 54.8. The van der Waals surface area contributed by atoms with Gasteiger partial charge < -0.3 is 33.3 Å². The first kappa shape index (κ1) is 71.5. The minimum Gasteiger partial charge on any atom is -0.545 e. The molecule has 75 heavy (non-hydrogen) atoms. The molecule has 0 heterocycles. The van der Waals surface area contributed by atoms with Gasteiger partial charge >= 0.3 is 11.9 Å². The number of allylic oxidation sites excluding steroid dienone is 14. The van der Waals surface area contributed by atoms with Crippen LogP contribution in [-0.2, 0) is 33.3 Å². The lowest BCUT2D eigenvalue weighted by molar-refractivity contribution is -0.870. The molecule has 0 aliphatic heterocycles. The van der Waals surface area contributed by atoms with Crippen LogP contribution in [0.15, 0.2) is 85.1 Å². The van der Waals surface area contributed by atoms with Crippen molar-refractivity contribution in [3.63, 3.8) is 0 Å². The van der Waals surface area contributed by atoms with Crippen LogP contribution in [0.2, 0.25) is 0 Å². The van der Waals surface area contributed by atoms with Crippen LogP contribution < -0.4 is 5.11 Å². The molecule has 0 aromatic heterocycles. The standard InChI is InChI=1S/C66H115NO8/c1-6-8-10-12-14-16-18-20-21-22-23-24-25-26-27-28-29-30-31-32-33-34-35-36-37-38-39-40-41-42-43-45-46-48-50-52-54-56-63(68)73-60-62(61-74-66(65(70)71)72-59-58-67(3,4)5)75-64(69)57-55-53-51-49-47-44-19-17-15-13-11-9-7-2/h9,11,15,17-18,20,22-23,25-26,44,47,51,53,62,66H,6-8,10,12-14,16,19,21,24,27-43,45-46,48-50,52,54-61H2,1-5H3/b11-9-,17-15-,20-18-,23-22-,26-25-,47-44-,53-51-. The lowest BCUT2D eigenvalue weighted by atomic mass is 10.0. The van der Waals surface area contributed by atoms with Crippen LogP contribution in [0, 0.1) is 0 Å². The van der Waals surface area contributed by atoms with Crippen molar-refractivity contribution in [2.45, 2.75) is 270 Å². The maximum Gasteiger partial charge on any atom is 0.306 e. The zero-order valence-corrected chi connectivity index (χ0v) is 49.1. The molecule has 2 unspecified atom stereocenters. The number of hydrogen-bond acceptors (Lipinski definition) is 8. The van der Waals surface area contributed by atoms with Crippen LogP contribution in [0.3, 0.4) is 0 Å². The summed E-state index contributed by atoms with van der Waals surface area (Å²) >= 11 is 0. The summed E-state index contributed by atoms with van der Waals surface area (Å²) in [5.74, 6) is -2.39. The number of carboxylic acid groups (broad SMARTS) is 1. The Balaban J connectivity index is 4.00. The van der Waals surface area contributed by atoms with E-state index in [1.807, 2.05) is 33.3 Å². The maximum atomic E-state index is 12.8. The van der Waals surface area contributed by atoms with Gasteiger partial charge in [-0.05, 0) is 77.0 Å². The fourth-order valence-corrected chi connectivity index (χ4v) is 8.44. The van der Waals surface area contributed by atoms with Crippen molar-refractivity contribution < 1.29 is 42.9 Å². The fourth-order valence-electron chi connectivity index (χ4n) is 8.44. The van der Waals surface area contributed by atoms with Gasteiger partial charge in [-0.2, -0.15) is 0 Å². The molecule has 432 valence electrons. The molecular weight excluding hydrogens is 935 g/mol. The summed E-state index contributed by atoms with van der Waals surface area (Å²) in [5, 5.41) is 11.7. The highest BCUT2D eigenvalue weighted by Crippen LogP contribution is 2.17. The van der Waals surface area contributed by atoms with E-state index < -0.39 is 24.3 Å². The van der Waals surface area contributed by atoms with Crippen LogP contribution in [0.4, 0.5) is 0 Å². The minimum absolute atomic E-state index is 0.125. The van der Waals surface area contributed by atoms with Crippen molar-refractivity contribution in [2.75, 3.05) is 47.5 Å². The number of likely N-dealkylation sites (N-methyl/N-ethyl adjacent to an activating group) is 1. The summed E-state index contributed by atoms with van der Waals surface area (Å²) in [6.07, 6.45) is 72.7. The number of carbonyl (C=O) groups excluding carboxylic acids is 3. The molecular formula is C66H115NO8. The number of carbonyl (C=O) groups is 3. The molecule has 0 radical (unpaired) electrons. The summed E-state index contributed by atoms with van der Waals surface area (Å²) in [6, 6.07) is 0.